The van der Waals surface area contributed by atoms with Crippen molar-refractivity contribution in [1.82, 2.24) is 9.88 Å². The van der Waals surface area contributed by atoms with Gasteiger partial charge in [-0.3, -0.25) is 0 Å². The molecule has 0 saturated carbocycles. The predicted molar refractivity (Wildman–Crippen MR) is 188 cm³/mol. The maximum absolute atomic E-state index is 4.95. The Hall–Kier alpha value is -5.19. The molecule has 1 aliphatic heterocycles. The summed E-state index contributed by atoms with van der Waals surface area (Å²) in [5, 5.41) is 7.80. The number of para-hydroxylation sites is 1. The van der Waals surface area contributed by atoms with E-state index in [1.807, 2.05) is 17.6 Å². The molecule has 9 rings (SSSR count). The molecule has 1 aliphatic carbocycles. The quantitative estimate of drug-likeness (QED) is 0.219. The highest BCUT2D eigenvalue weighted by atomic mass is 32.1. The summed E-state index contributed by atoms with van der Waals surface area (Å²) in [5.41, 5.74) is 11.0. The van der Waals surface area contributed by atoms with Gasteiger partial charge < -0.3 is 9.88 Å². The number of allylic oxidation sites excluding steroid dienone is 2. The number of aliphatic imine (C=N–C) groups is 1. The molecule has 0 amide bonds. The van der Waals surface area contributed by atoms with Gasteiger partial charge in [0, 0.05) is 32.3 Å². The molecule has 1 unspecified atom stereocenters. The molecule has 1 atom stereocenters. The lowest BCUT2D eigenvalue weighted by Gasteiger charge is -2.24. The van der Waals surface area contributed by atoms with E-state index >= 15 is 0 Å². The van der Waals surface area contributed by atoms with Crippen molar-refractivity contribution >= 4 is 61.2 Å². The molecule has 7 aromatic rings. The van der Waals surface area contributed by atoms with Crippen molar-refractivity contribution in [3.63, 3.8) is 0 Å². The predicted octanol–water partition coefficient (Wildman–Crippen LogP) is 10.5. The van der Waals surface area contributed by atoms with E-state index in [0.717, 1.165) is 24.1 Å². The van der Waals surface area contributed by atoms with Crippen LogP contribution >= 0.6 is 11.3 Å². The van der Waals surface area contributed by atoms with Crippen LogP contribution in [0, 0.1) is 0 Å². The zero-order valence-electron chi connectivity index (χ0n) is 24.1. The fourth-order valence-corrected chi connectivity index (χ4v) is 8.20. The van der Waals surface area contributed by atoms with E-state index in [4.69, 9.17) is 4.99 Å². The van der Waals surface area contributed by atoms with Crippen molar-refractivity contribution in [3.8, 4) is 22.3 Å². The third-order valence-corrected chi connectivity index (χ3v) is 10.2. The van der Waals surface area contributed by atoms with Crippen LogP contribution in [-0.4, -0.2) is 10.8 Å². The van der Waals surface area contributed by atoms with Crippen molar-refractivity contribution in [2.75, 3.05) is 0 Å². The van der Waals surface area contributed by atoms with Gasteiger partial charge in [0.15, 0.2) is 0 Å². The third kappa shape index (κ3) is 4.06. The van der Waals surface area contributed by atoms with Gasteiger partial charge in [0.2, 0.25) is 6.29 Å². The summed E-state index contributed by atoms with van der Waals surface area (Å²) in [5.74, 6) is 0. The maximum atomic E-state index is 4.95. The van der Waals surface area contributed by atoms with Crippen molar-refractivity contribution < 1.29 is 0 Å². The van der Waals surface area contributed by atoms with Crippen molar-refractivity contribution in [2.24, 2.45) is 4.99 Å². The van der Waals surface area contributed by atoms with Crippen LogP contribution < -0.4 is 5.32 Å². The van der Waals surface area contributed by atoms with Gasteiger partial charge in [-0.2, -0.15) is 0 Å². The van der Waals surface area contributed by atoms with Crippen molar-refractivity contribution in [1.29, 1.82) is 0 Å². The lowest BCUT2D eigenvalue weighted by molar-refractivity contribution is 0.510. The molecule has 0 fully saturated rings. The number of rotatable bonds is 4. The number of nitrogens with one attached hydrogen (secondary N) is 1. The van der Waals surface area contributed by atoms with E-state index < -0.39 is 0 Å². The summed E-state index contributed by atoms with van der Waals surface area (Å²) in [7, 11) is 0. The zero-order valence-corrected chi connectivity index (χ0v) is 24.9. The number of benzene rings is 5. The van der Waals surface area contributed by atoms with Crippen LogP contribution in [0.2, 0.25) is 0 Å². The highest BCUT2D eigenvalue weighted by molar-refractivity contribution is 7.21. The largest absolute Gasteiger partial charge is 0.346 e. The molecule has 5 aromatic carbocycles. The molecule has 0 saturated heterocycles. The lowest BCUT2D eigenvalue weighted by Crippen LogP contribution is -2.26. The molecule has 3 nitrogen and oxygen atoms in total. The molecule has 4 heteroatoms. The number of fused-ring (bicyclic) bond motifs is 7. The second-order valence-electron chi connectivity index (χ2n) is 11.5. The first-order chi connectivity index (χ1) is 21.8. The number of aromatic nitrogens is 1. The molecule has 0 bridgehead atoms. The van der Waals surface area contributed by atoms with Crippen LogP contribution in [0.25, 0.3) is 65.9 Å². The first-order valence-corrected chi connectivity index (χ1v) is 16.0. The van der Waals surface area contributed by atoms with Gasteiger partial charge >= 0.3 is 0 Å². The Morgan fingerprint density at radius 1 is 0.682 bits per heavy atom. The Morgan fingerprint density at radius 3 is 2.32 bits per heavy atom. The Balaban J connectivity index is 1.08. The summed E-state index contributed by atoms with van der Waals surface area (Å²) < 4.78 is 3.75. The average Bonchev–Trinajstić information content (AvgIpc) is 3.65. The normalized spacial score (nSPS) is 15.9. The first kappa shape index (κ1) is 25.3. The van der Waals surface area contributed by atoms with Crippen molar-refractivity contribution in [2.45, 2.75) is 19.1 Å². The fraction of sp³-hybridized carbons (Fsp3) is 0.0750. The fourth-order valence-electron chi connectivity index (χ4n) is 6.87. The number of nitrogens with zero attached hydrogens (tertiary/aromatic N) is 2. The van der Waals surface area contributed by atoms with Crippen molar-refractivity contribution in [3.05, 3.63) is 143 Å². The minimum absolute atomic E-state index is 0.252. The van der Waals surface area contributed by atoms with Gasteiger partial charge in [-0.05, 0) is 82.0 Å². The van der Waals surface area contributed by atoms with E-state index in [0.29, 0.717) is 0 Å². The molecular weight excluding hydrogens is 555 g/mol. The molecule has 2 aromatic heterocycles. The summed E-state index contributed by atoms with van der Waals surface area (Å²) in [6.07, 6.45) is 10.6. The smallest absolute Gasteiger partial charge is 0.200 e. The topological polar surface area (TPSA) is 29.3 Å². The zero-order chi connectivity index (χ0) is 29.0. The van der Waals surface area contributed by atoms with Gasteiger partial charge in [-0.1, -0.05) is 103 Å². The van der Waals surface area contributed by atoms with Gasteiger partial charge in [0.1, 0.15) is 0 Å². The second kappa shape index (κ2) is 10.2. The molecule has 210 valence electrons. The van der Waals surface area contributed by atoms with Gasteiger partial charge in [0.05, 0.1) is 11.0 Å². The lowest BCUT2D eigenvalue weighted by atomic mass is 9.98. The molecule has 44 heavy (non-hydrogen) atoms. The highest BCUT2D eigenvalue weighted by Crippen LogP contribution is 2.44. The van der Waals surface area contributed by atoms with Crippen LogP contribution in [0.4, 0.5) is 0 Å². The van der Waals surface area contributed by atoms with E-state index in [9.17, 15) is 0 Å². The van der Waals surface area contributed by atoms with Gasteiger partial charge in [-0.15, -0.1) is 11.3 Å². The average molecular weight is 584 g/mol. The van der Waals surface area contributed by atoms with Crippen LogP contribution in [0.5, 0.6) is 0 Å². The van der Waals surface area contributed by atoms with Gasteiger partial charge in [-0.25, -0.2) is 4.99 Å². The van der Waals surface area contributed by atoms with E-state index in [1.165, 1.54) is 64.6 Å². The standard InChI is InChI=1S/C40H29N3S/c1-2-9-26(10-3-1)27-17-19-28(20-18-27)29-11-8-12-30(25-29)34-23-24-41-40(42-34)43-35-15-6-4-14-33(35)38-36(43)22-21-32-31-13-5-7-16-37(31)44-39(32)38/h1-4,6-12,14-25,40,42H,5,13H2. The molecule has 0 spiro atoms. The number of thiophene rings is 1. The number of hydrogen-bond donors (Lipinski definition) is 1. The van der Waals surface area contributed by atoms with Gasteiger partial charge in [0.25, 0.3) is 0 Å². The van der Waals surface area contributed by atoms with E-state index in [2.05, 4.69) is 143 Å². The molecular formula is C40H29N3S. The summed E-state index contributed by atoms with van der Waals surface area (Å²) >= 11 is 1.93. The number of hydrogen-bond acceptors (Lipinski definition) is 3. The first-order valence-electron chi connectivity index (χ1n) is 15.2. The minimum Gasteiger partial charge on any atom is -0.346 e. The minimum atomic E-state index is -0.252. The summed E-state index contributed by atoms with van der Waals surface area (Å²) in [6, 6.07) is 41.5. The Bertz CT molecular complexity index is 2300. The highest BCUT2D eigenvalue weighted by Gasteiger charge is 2.23. The molecule has 2 aliphatic rings. The second-order valence-corrected chi connectivity index (χ2v) is 12.6. The number of aryl methyl sites for hydroxylation is 1. The SMILES string of the molecule is C1=Cc2sc3c(ccc4c3c3ccccc3n4C3N=CC=C(c4cccc(-c5ccc(-c6ccccc6)cc5)c4)N3)c2CC1. The van der Waals surface area contributed by atoms with Crippen LogP contribution in [-0.2, 0) is 6.42 Å². The van der Waals surface area contributed by atoms with E-state index in [1.54, 1.807) is 0 Å². The van der Waals surface area contributed by atoms with E-state index in [-0.39, 0.29) is 6.29 Å². The molecule has 0 radical (unpaired) electrons. The van der Waals surface area contributed by atoms with Crippen LogP contribution in [0.15, 0.2) is 132 Å². The van der Waals surface area contributed by atoms with Crippen LogP contribution in [0.1, 0.15) is 28.7 Å². The van der Waals surface area contributed by atoms with Crippen LogP contribution in [0.3, 0.4) is 0 Å². The maximum Gasteiger partial charge on any atom is 0.200 e. The Morgan fingerprint density at radius 2 is 1.43 bits per heavy atom. The molecule has 3 heterocycles. The Labute approximate surface area is 260 Å². The summed E-state index contributed by atoms with van der Waals surface area (Å²) in [4.78, 5) is 6.36. The monoisotopic (exact) mass is 583 g/mol. The molecule has 1 N–H and O–H groups in total. The summed E-state index contributed by atoms with van der Waals surface area (Å²) in [6.45, 7) is 0. The third-order valence-electron chi connectivity index (χ3n) is 8.99. The Kier molecular flexibility index (Phi) is 5.88.